The minimum absolute atomic E-state index is 0.0395. The Morgan fingerprint density at radius 3 is 2.89 bits per heavy atom. The van der Waals surface area contributed by atoms with E-state index in [9.17, 15) is 0 Å². The molecule has 10 heteroatoms. The van der Waals surface area contributed by atoms with Gasteiger partial charge < -0.3 is 29.7 Å². The normalized spacial score (nSPS) is 21.5. The van der Waals surface area contributed by atoms with Crippen molar-refractivity contribution in [3.8, 4) is 12.3 Å². The molecule has 2 fully saturated rings. The molecule has 1 aromatic carbocycles. The number of fused-ring (bicyclic) bond motifs is 1. The standard InChI is InChI=1S/C28H36ClN7OS/c1-4-9-30-17-26(38)36-19-28(7-11-35(12-8-28)27-31-10-13-37-27)18-34(3)20(2)32-25(36)16-23-15-21-14-22(29)5-6-24(21)33-23/h1,5-6,14-15,25,30,32-33H,2,7-13,16-19H2,3H3. The Morgan fingerprint density at radius 2 is 2.16 bits per heavy atom. The number of H-pyrrole nitrogens is 1. The lowest BCUT2D eigenvalue weighted by Crippen LogP contribution is -2.62. The van der Waals surface area contributed by atoms with Crippen LogP contribution in [0.1, 0.15) is 18.5 Å². The van der Waals surface area contributed by atoms with Gasteiger partial charge in [0.25, 0.3) is 6.02 Å². The highest BCUT2D eigenvalue weighted by Gasteiger charge is 2.42. The Balaban J connectivity index is 1.41. The van der Waals surface area contributed by atoms with E-state index in [-0.39, 0.29) is 11.6 Å². The molecule has 0 amide bonds. The first-order valence-electron chi connectivity index (χ1n) is 13.2. The van der Waals surface area contributed by atoms with E-state index in [1.807, 2.05) is 18.2 Å². The summed E-state index contributed by atoms with van der Waals surface area (Å²) in [5, 5.41) is 8.79. The number of benzene rings is 1. The van der Waals surface area contributed by atoms with Crippen molar-refractivity contribution < 1.29 is 4.74 Å². The molecule has 0 bridgehead atoms. The van der Waals surface area contributed by atoms with Crippen LogP contribution in [0.4, 0.5) is 0 Å². The molecule has 0 saturated carbocycles. The maximum absolute atomic E-state index is 6.25. The average Bonchev–Trinajstić information content (AvgIpc) is 3.57. The number of likely N-dealkylation sites (tertiary alicyclic amines) is 1. The maximum Gasteiger partial charge on any atom is 0.287 e. The SMILES string of the molecule is C#CCNCC(=S)N1CC2(CCN(C3=NCCO3)CC2)CN(C)C(=C)NC1Cc1cc2cc(Cl)ccc2[nH]1. The lowest BCUT2D eigenvalue weighted by molar-refractivity contribution is 0.0432. The maximum atomic E-state index is 6.25. The smallest absolute Gasteiger partial charge is 0.287 e. The van der Waals surface area contributed by atoms with Gasteiger partial charge in [-0.05, 0) is 37.1 Å². The fraction of sp³-hybridized carbons (Fsp3) is 0.500. The number of terminal acetylenes is 1. The number of halogens is 1. The van der Waals surface area contributed by atoms with Gasteiger partial charge >= 0.3 is 0 Å². The van der Waals surface area contributed by atoms with Crippen molar-refractivity contribution in [1.29, 1.82) is 0 Å². The number of thiocarbonyl (C=S) groups is 1. The fourth-order valence-electron chi connectivity index (χ4n) is 5.75. The van der Waals surface area contributed by atoms with Gasteiger partial charge in [0.15, 0.2) is 0 Å². The van der Waals surface area contributed by atoms with E-state index in [4.69, 9.17) is 35.0 Å². The number of aromatic nitrogens is 1. The van der Waals surface area contributed by atoms with Crippen LogP contribution in [0.25, 0.3) is 10.9 Å². The molecule has 4 heterocycles. The molecule has 2 aromatic rings. The molecule has 38 heavy (non-hydrogen) atoms. The largest absolute Gasteiger partial charge is 0.463 e. The van der Waals surface area contributed by atoms with Crippen LogP contribution in [0.15, 0.2) is 41.7 Å². The number of rotatable bonds is 5. The van der Waals surface area contributed by atoms with Crippen LogP contribution in [0.3, 0.4) is 0 Å². The third-order valence-corrected chi connectivity index (χ3v) is 8.40. The highest BCUT2D eigenvalue weighted by molar-refractivity contribution is 7.80. The molecule has 2 saturated heterocycles. The first-order valence-corrected chi connectivity index (χ1v) is 13.9. The van der Waals surface area contributed by atoms with Crippen LogP contribution in [0.5, 0.6) is 0 Å². The predicted octanol–water partition coefficient (Wildman–Crippen LogP) is 3.02. The van der Waals surface area contributed by atoms with E-state index in [1.54, 1.807) is 0 Å². The molecule has 202 valence electrons. The molecular weight excluding hydrogens is 518 g/mol. The van der Waals surface area contributed by atoms with E-state index in [0.717, 1.165) is 90.4 Å². The summed E-state index contributed by atoms with van der Waals surface area (Å²) in [5.41, 5.74) is 2.22. The minimum Gasteiger partial charge on any atom is -0.463 e. The number of piperidine rings is 1. The van der Waals surface area contributed by atoms with Crippen molar-refractivity contribution >= 4 is 45.7 Å². The zero-order valence-corrected chi connectivity index (χ0v) is 23.5. The summed E-state index contributed by atoms with van der Waals surface area (Å²) in [5.74, 6) is 3.54. The number of amidine groups is 1. The van der Waals surface area contributed by atoms with E-state index >= 15 is 0 Å². The Labute approximate surface area is 235 Å². The van der Waals surface area contributed by atoms with Crippen LogP contribution >= 0.6 is 23.8 Å². The van der Waals surface area contributed by atoms with Crippen LogP contribution in [0.2, 0.25) is 5.02 Å². The molecule has 3 aliphatic rings. The monoisotopic (exact) mass is 553 g/mol. The Kier molecular flexibility index (Phi) is 8.03. The highest BCUT2D eigenvalue weighted by atomic mass is 35.5. The molecule has 0 aliphatic carbocycles. The summed E-state index contributed by atoms with van der Waals surface area (Å²) in [6.07, 6.45) is 8.17. The molecule has 8 nitrogen and oxygen atoms in total. The molecule has 1 unspecified atom stereocenters. The van der Waals surface area contributed by atoms with Crippen LogP contribution in [-0.2, 0) is 11.2 Å². The molecule has 1 spiro atoms. The highest BCUT2D eigenvalue weighted by Crippen LogP contribution is 2.36. The Hall–Kier alpha value is -2.93. The molecule has 1 atom stereocenters. The summed E-state index contributed by atoms with van der Waals surface area (Å²) in [4.78, 5) is 15.9. The summed E-state index contributed by atoms with van der Waals surface area (Å²) in [6.45, 7) is 10.4. The second-order valence-corrected chi connectivity index (χ2v) is 11.4. The number of nitrogens with one attached hydrogen (secondary N) is 3. The van der Waals surface area contributed by atoms with Gasteiger partial charge in [0.2, 0.25) is 0 Å². The molecule has 0 radical (unpaired) electrons. The van der Waals surface area contributed by atoms with Gasteiger partial charge in [0.05, 0.1) is 23.9 Å². The molecule has 3 N–H and O–H groups in total. The molecule has 5 rings (SSSR count). The quantitative estimate of drug-likeness (QED) is 0.299. The summed E-state index contributed by atoms with van der Waals surface area (Å²) < 4.78 is 5.76. The predicted molar refractivity (Wildman–Crippen MR) is 158 cm³/mol. The van der Waals surface area contributed by atoms with Gasteiger partial charge in [-0.2, -0.15) is 0 Å². The number of hydrogen-bond donors (Lipinski definition) is 3. The number of aromatic amines is 1. The van der Waals surface area contributed by atoms with Crippen LogP contribution in [0, 0.1) is 17.8 Å². The van der Waals surface area contributed by atoms with Gasteiger partial charge in [0.1, 0.15) is 12.8 Å². The lowest BCUT2D eigenvalue weighted by atomic mass is 9.76. The summed E-state index contributed by atoms with van der Waals surface area (Å²) in [7, 11) is 2.12. The number of nitrogens with zero attached hydrogens (tertiary/aromatic N) is 4. The van der Waals surface area contributed by atoms with Crippen molar-refractivity contribution in [2.45, 2.75) is 25.4 Å². The average molecular weight is 554 g/mol. The lowest BCUT2D eigenvalue weighted by Gasteiger charge is -2.51. The van der Waals surface area contributed by atoms with Crippen LogP contribution < -0.4 is 10.6 Å². The first-order chi connectivity index (χ1) is 18.4. The zero-order valence-electron chi connectivity index (χ0n) is 21.9. The van der Waals surface area contributed by atoms with Gasteiger partial charge in [-0.3, -0.25) is 5.32 Å². The van der Waals surface area contributed by atoms with Gasteiger partial charge in [-0.1, -0.05) is 36.3 Å². The van der Waals surface area contributed by atoms with Crippen molar-refractivity contribution in [3.63, 3.8) is 0 Å². The van der Waals surface area contributed by atoms with Gasteiger partial charge in [0, 0.05) is 73.2 Å². The summed E-state index contributed by atoms with van der Waals surface area (Å²) >= 11 is 12.3. The van der Waals surface area contributed by atoms with Gasteiger partial charge in [-0.25, -0.2) is 4.99 Å². The Bertz CT molecular complexity index is 1260. The fourth-order valence-corrected chi connectivity index (χ4v) is 6.23. The topological polar surface area (TPSA) is 71.2 Å². The molecule has 3 aliphatic heterocycles. The molecular formula is C28H36ClN7OS. The van der Waals surface area contributed by atoms with Crippen molar-refractivity contribution in [1.82, 2.24) is 30.3 Å². The van der Waals surface area contributed by atoms with Crippen molar-refractivity contribution in [2.75, 3.05) is 59.5 Å². The minimum atomic E-state index is -0.0774. The third-order valence-electron chi connectivity index (χ3n) is 7.79. The van der Waals surface area contributed by atoms with Crippen molar-refractivity contribution in [3.05, 3.63) is 47.4 Å². The first kappa shape index (κ1) is 26.7. The van der Waals surface area contributed by atoms with Gasteiger partial charge in [-0.15, -0.1) is 6.42 Å². The third kappa shape index (κ3) is 5.88. The second-order valence-electron chi connectivity index (χ2n) is 10.5. The number of hydrogen-bond acceptors (Lipinski definition) is 7. The van der Waals surface area contributed by atoms with E-state index in [2.05, 4.69) is 60.9 Å². The van der Waals surface area contributed by atoms with E-state index in [1.165, 1.54) is 0 Å². The number of aliphatic imine (C=N–C) groups is 1. The Morgan fingerprint density at radius 1 is 1.34 bits per heavy atom. The van der Waals surface area contributed by atoms with E-state index in [0.29, 0.717) is 19.7 Å². The second kappa shape index (κ2) is 11.4. The summed E-state index contributed by atoms with van der Waals surface area (Å²) in [6, 6.07) is 8.89. The van der Waals surface area contributed by atoms with E-state index < -0.39 is 0 Å². The molecule has 1 aromatic heterocycles. The van der Waals surface area contributed by atoms with Crippen molar-refractivity contribution in [2.24, 2.45) is 10.4 Å². The number of ether oxygens (including phenoxy) is 1. The van der Waals surface area contributed by atoms with Crippen LogP contribution in [-0.4, -0.2) is 96.3 Å². The zero-order chi connectivity index (χ0) is 26.7.